The summed E-state index contributed by atoms with van der Waals surface area (Å²) in [7, 11) is 0. The van der Waals surface area contributed by atoms with Crippen LogP contribution in [0.15, 0.2) is 83.6 Å². The average Bonchev–Trinajstić information content (AvgIpc) is 2.80. The summed E-state index contributed by atoms with van der Waals surface area (Å²) in [6.07, 6.45) is 8.11. The first-order valence-electron chi connectivity index (χ1n) is 9.13. The Morgan fingerprint density at radius 2 is 1.03 bits per heavy atom. The van der Waals surface area contributed by atoms with Crippen molar-refractivity contribution in [2.24, 2.45) is 0 Å². The number of hydrogen-bond donors (Lipinski definition) is 0. The van der Waals surface area contributed by atoms with E-state index in [9.17, 15) is 0 Å². The van der Waals surface area contributed by atoms with Gasteiger partial charge in [0.1, 0.15) is 0 Å². The van der Waals surface area contributed by atoms with E-state index in [1.165, 1.54) is 0 Å². The van der Waals surface area contributed by atoms with Crippen LogP contribution < -0.4 is 0 Å². The second-order valence-corrected chi connectivity index (χ2v) is 8.05. The van der Waals surface area contributed by atoms with Crippen LogP contribution in [0.1, 0.15) is 6.42 Å². The topological polar surface area (TPSA) is 77.3 Å². The number of aromatic nitrogens is 6. The molecule has 0 radical (unpaired) electrons. The summed E-state index contributed by atoms with van der Waals surface area (Å²) in [6, 6.07) is 15.4. The van der Waals surface area contributed by atoms with Crippen LogP contribution in [0, 0.1) is 0 Å². The first-order chi connectivity index (χ1) is 14.4. The Morgan fingerprint density at radius 3 is 1.48 bits per heavy atom. The van der Waals surface area contributed by atoms with Crippen molar-refractivity contribution >= 4 is 23.5 Å². The van der Waals surface area contributed by atoms with Gasteiger partial charge in [-0.2, -0.15) is 0 Å². The third-order valence-corrected chi connectivity index (χ3v) is 5.77. The highest BCUT2D eigenvalue weighted by Gasteiger charge is 2.06. The molecule has 6 nitrogen and oxygen atoms in total. The molecule has 8 heteroatoms. The molecule has 0 atom stereocenters. The first kappa shape index (κ1) is 19.5. The molecule has 0 bridgehead atoms. The van der Waals surface area contributed by atoms with Gasteiger partial charge in [0.25, 0.3) is 0 Å². The van der Waals surface area contributed by atoms with Gasteiger partial charge in [-0.1, -0.05) is 35.7 Å². The molecule has 0 aliphatic rings. The maximum atomic E-state index is 4.59. The van der Waals surface area contributed by atoms with Gasteiger partial charge in [0.05, 0.1) is 22.8 Å². The van der Waals surface area contributed by atoms with Crippen molar-refractivity contribution < 1.29 is 0 Å². The Bertz CT molecular complexity index is 962. The van der Waals surface area contributed by atoms with Crippen LogP contribution in [-0.4, -0.2) is 41.4 Å². The van der Waals surface area contributed by atoms with Crippen molar-refractivity contribution in [3.8, 4) is 22.8 Å². The summed E-state index contributed by atoms with van der Waals surface area (Å²) < 4.78 is 0. The van der Waals surface area contributed by atoms with Gasteiger partial charge in [0.15, 0.2) is 10.3 Å². The smallest absolute Gasteiger partial charge is 0.188 e. The molecule has 4 aromatic rings. The standard InChI is InChI=1S/C21H18N6S2/c1-3-10-22-16(6-1)18-8-12-24-20(26-18)28-14-5-15-29-21-25-13-9-19(27-21)17-7-2-4-11-23-17/h1-4,6-13H,5,14-15H2. The Balaban J connectivity index is 1.27. The molecule has 0 saturated carbocycles. The van der Waals surface area contributed by atoms with E-state index in [4.69, 9.17) is 0 Å². The maximum Gasteiger partial charge on any atom is 0.188 e. The van der Waals surface area contributed by atoms with E-state index in [0.717, 1.165) is 51.0 Å². The molecule has 29 heavy (non-hydrogen) atoms. The van der Waals surface area contributed by atoms with Crippen molar-refractivity contribution in [3.63, 3.8) is 0 Å². The van der Waals surface area contributed by atoms with Gasteiger partial charge in [-0.15, -0.1) is 0 Å². The first-order valence-corrected chi connectivity index (χ1v) is 11.1. The van der Waals surface area contributed by atoms with Crippen molar-refractivity contribution in [2.75, 3.05) is 11.5 Å². The quantitative estimate of drug-likeness (QED) is 0.232. The molecule has 144 valence electrons. The summed E-state index contributed by atoms with van der Waals surface area (Å²) in [6.45, 7) is 0. The maximum absolute atomic E-state index is 4.59. The van der Waals surface area contributed by atoms with Crippen molar-refractivity contribution in [2.45, 2.75) is 16.7 Å². The van der Waals surface area contributed by atoms with E-state index < -0.39 is 0 Å². The fraction of sp³-hybridized carbons (Fsp3) is 0.143. The highest BCUT2D eigenvalue weighted by atomic mass is 32.2. The lowest BCUT2D eigenvalue weighted by molar-refractivity contribution is 0.956. The molecule has 0 fully saturated rings. The van der Waals surface area contributed by atoms with Gasteiger partial charge in [-0.05, 0) is 42.8 Å². The largest absolute Gasteiger partial charge is 0.255 e. The van der Waals surface area contributed by atoms with Crippen molar-refractivity contribution in [1.82, 2.24) is 29.9 Å². The fourth-order valence-electron chi connectivity index (χ4n) is 2.52. The van der Waals surface area contributed by atoms with Crippen molar-refractivity contribution in [3.05, 3.63) is 73.3 Å². The number of thioether (sulfide) groups is 2. The van der Waals surface area contributed by atoms with E-state index in [2.05, 4.69) is 29.9 Å². The minimum absolute atomic E-state index is 0.770. The Kier molecular flexibility index (Phi) is 6.77. The van der Waals surface area contributed by atoms with Gasteiger partial charge >= 0.3 is 0 Å². The predicted molar refractivity (Wildman–Crippen MR) is 117 cm³/mol. The predicted octanol–water partition coefficient (Wildman–Crippen LogP) is 4.67. The summed E-state index contributed by atoms with van der Waals surface area (Å²) in [5.74, 6) is 1.86. The Hall–Kier alpha value is -2.84. The average molecular weight is 419 g/mol. The molecular formula is C21H18N6S2. The minimum atomic E-state index is 0.770. The normalized spacial score (nSPS) is 10.8. The van der Waals surface area contributed by atoms with Crippen LogP contribution in [-0.2, 0) is 0 Å². The SMILES string of the molecule is c1ccc(-c2ccnc(SCCCSc3nccc(-c4ccccn4)n3)n2)nc1. The van der Waals surface area contributed by atoms with Gasteiger partial charge < -0.3 is 0 Å². The van der Waals surface area contributed by atoms with Crippen LogP contribution in [0.2, 0.25) is 0 Å². The van der Waals surface area contributed by atoms with E-state index in [1.54, 1.807) is 48.3 Å². The molecule has 4 rings (SSSR count). The lowest BCUT2D eigenvalue weighted by Crippen LogP contribution is -1.94. The Morgan fingerprint density at radius 1 is 0.517 bits per heavy atom. The van der Waals surface area contributed by atoms with Crippen LogP contribution in [0.3, 0.4) is 0 Å². The van der Waals surface area contributed by atoms with Gasteiger partial charge in [-0.25, -0.2) is 19.9 Å². The van der Waals surface area contributed by atoms with E-state index in [1.807, 2.05) is 48.5 Å². The molecule has 0 amide bonds. The molecule has 0 aliphatic carbocycles. The monoisotopic (exact) mass is 418 g/mol. The zero-order chi connectivity index (χ0) is 19.7. The van der Waals surface area contributed by atoms with Crippen LogP contribution in [0.4, 0.5) is 0 Å². The lowest BCUT2D eigenvalue weighted by atomic mass is 10.3. The fourth-order valence-corrected chi connectivity index (χ4v) is 4.24. The van der Waals surface area contributed by atoms with E-state index in [-0.39, 0.29) is 0 Å². The molecular weight excluding hydrogens is 400 g/mol. The molecule has 4 aromatic heterocycles. The van der Waals surface area contributed by atoms with Crippen molar-refractivity contribution in [1.29, 1.82) is 0 Å². The second kappa shape index (κ2) is 10.1. The number of rotatable bonds is 8. The van der Waals surface area contributed by atoms with Gasteiger partial charge in [0.2, 0.25) is 0 Å². The van der Waals surface area contributed by atoms with Crippen LogP contribution >= 0.6 is 23.5 Å². The molecule has 0 aromatic carbocycles. The molecule has 0 saturated heterocycles. The highest BCUT2D eigenvalue weighted by molar-refractivity contribution is 8.00. The number of nitrogens with zero attached hydrogens (tertiary/aromatic N) is 6. The lowest BCUT2D eigenvalue weighted by Gasteiger charge is -2.04. The number of pyridine rings is 2. The van der Waals surface area contributed by atoms with Crippen LogP contribution in [0.5, 0.6) is 0 Å². The van der Waals surface area contributed by atoms with Gasteiger partial charge in [-0.3, -0.25) is 9.97 Å². The zero-order valence-electron chi connectivity index (χ0n) is 15.5. The molecule has 0 N–H and O–H groups in total. The van der Waals surface area contributed by atoms with Crippen LogP contribution in [0.25, 0.3) is 22.8 Å². The van der Waals surface area contributed by atoms with E-state index >= 15 is 0 Å². The third kappa shape index (κ3) is 5.58. The summed E-state index contributed by atoms with van der Waals surface area (Å²) >= 11 is 3.30. The molecule has 0 spiro atoms. The molecule has 4 heterocycles. The zero-order valence-corrected chi connectivity index (χ0v) is 17.2. The second-order valence-electron chi connectivity index (χ2n) is 5.93. The third-order valence-electron chi connectivity index (χ3n) is 3.87. The van der Waals surface area contributed by atoms with E-state index in [0.29, 0.717) is 0 Å². The molecule has 0 unspecified atom stereocenters. The summed E-state index contributed by atoms with van der Waals surface area (Å²) in [5.41, 5.74) is 3.41. The molecule has 0 aliphatic heterocycles. The minimum Gasteiger partial charge on any atom is -0.255 e. The van der Waals surface area contributed by atoms with Gasteiger partial charge in [0, 0.05) is 36.3 Å². The Labute approximate surface area is 177 Å². The highest BCUT2D eigenvalue weighted by Crippen LogP contribution is 2.22. The summed E-state index contributed by atoms with van der Waals surface area (Å²) in [4.78, 5) is 26.6. The number of hydrogen-bond acceptors (Lipinski definition) is 8. The summed E-state index contributed by atoms with van der Waals surface area (Å²) in [5, 5.41) is 1.54.